The lowest BCUT2D eigenvalue weighted by atomic mass is 9.99. The van der Waals surface area contributed by atoms with Crippen molar-refractivity contribution in [3.8, 4) is 12.3 Å². The molecule has 2 N–H and O–H groups in total. The molecule has 0 saturated carbocycles. The van der Waals surface area contributed by atoms with Crippen molar-refractivity contribution in [3.05, 3.63) is 71.3 Å². The Morgan fingerprint density at radius 1 is 1.03 bits per heavy atom. The Bertz CT molecular complexity index is 1070. The smallest absolute Gasteiger partial charge is 0.408 e. The maximum Gasteiger partial charge on any atom is 0.408 e. The number of alkyl carbamates (subject to hydrolysis) is 1. The number of hydrogen-bond acceptors (Lipinski definition) is 4. The molecule has 0 aliphatic heterocycles. The molecule has 7 heteroatoms. The Labute approximate surface area is 221 Å². The molecule has 198 valence electrons. The number of hydrogen-bond donors (Lipinski definition) is 2. The maximum atomic E-state index is 14.0. The largest absolute Gasteiger partial charge is 0.444 e. The van der Waals surface area contributed by atoms with Gasteiger partial charge in [0.15, 0.2) is 0 Å². The van der Waals surface area contributed by atoms with Crippen molar-refractivity contribution in [1.82, 2.24) is 15.5 Å². The van der Waals surface area contributed by atoms with Crippen LogP contribution in [0.1, 0.15) is 70.2 Å². The fraction of sp³-hybridized carbons (Fsp3) is 0.433. The minimum atomic E-state index is -0.937. The van der Waals surface area contributed by atoms with E-state index in [9.17, 15) is 14.4 Å². The fourth-order valence-corrected chi connectivity index (χ4v) is 3.89. The first kappa shape index (κ1) is 29.4. The molecule has 2 unspecified atom stereocenters. The fourth-order valence-electron chi connectivity index (χ4n) is 3.89. The first-order valence-corrected chi connectivity index (χ1v) is 12.8. The monoisotopic (exact) mass is 505 g/mol. The number of nitrogens with zero attached hydrogens (tertiary/aromatic N) is 1. The average Bonchev–Trinajstić information content (AvgIpc) is 2.86. The van der Waals surface area contributed by atoms with E-state index in [1.165, 1.54) is 4.90 Å². The predicted octanol–water partition coefficient (Wildman–Crippen LogP) is 4.61. The van der Waals surface area contributed by atoms with Crippen molar-refractivity contribution in [2.24, 2.45) is 0 Å². The predicted molar refractivity (Wildman–Crippen MR) is 146 cm³/mol. The van der Waals surface area contributed by atoms with Crippen molar-refractivity contribution < 1.29 is 19.1 Å². The number of unbranched alkanes of at least 4 members (excludes halogenated alkanes) is 1. The van der Waals surface area contributed by atoms with Gasteiger partial charge in [0.2, 0.25) is 11.8 Å². The van der Waals surface area contributed by atoms with Gasteiger partial charge < -0.3 is 20.3 Å². The van der Waals surface area contributed by atoms with Crippen LogP contribution in [0.4, 0.5) is 4.79 Å². The lowest BCUT2D eigenvalue weighted by molar-refractivity contribution is -0.142. The topological polar surface area (TPSA) is 87.7 Å². The summed E-state index contributed by atoms with van der Waals surface area (Å²) in [6.07, 6.45) is 6.81. The van der Waals surface area contributed by atoms with Crippen molar-refractivity contribution in [2.45, 2.75) is 71.6 Å². The van der Waals surface area contributed by atoms with E-state index in [-0.39, 0.29) is 24.8 Å². The van der Waals surface area contributed by atoms with Gasteiger partial charge >= 0.3 is 6.09 Å². The van der Waals surface area contributed by atoms with Crippen LogP contribution in [0.2, 0.25) is 0 Å². The maximum absolute atomic E-state index is 14.0. The number of carbonyl (C=O) groups excluding carboxylic acids is 3. The quantitative estimate of drug-likeness (QED) is 0.345. The third-order valence-electron chi connectivity index (χ3n) is 5.68. The third-order valence-corrected chi connectivity index (χ3v) is 5.68. The number of carbonyl (C=O) groups is 3. The van der Waals surface area contributed by atoms with E-state index in [1.54, 1.807) is 45.0 Å². The summed E-state index contributed by atoms with van der Waals surface area (Å²) in [5, 5.41) is 5.70. The van der Waals surface area contributed by atoms with Gasteiger partial charge in [-0.25, -0.2) is 4.79 Å². The highest BCUT2D eigenvalue weighted by atomic mass is 16.6. The van der Waals surface area contributed by atoms with Crippen LogP contribution in [0, 0.1) is 12.3 Å². The van der Waals surface area contributed by atoms with E-state index in [2.05, 4.69) is 16.6 Å². The summed E-state index contributed by atoms with van der Waals surface area (Å²) in [5.74, 6) is 1.91. The van der Waals surface area contributed by atoms with Gasteiger partial charge in [0, 0.05) is 25.1 Å². The highest BCUT2D eigenvalue weighted by Gasteiger charge is 2.35. The summed E-state index contributed by atoms with van der Waals surface area (Å²) in [6.45, 7) is 9.89. The molecular weight excluding hydrogens is 466 g/mol. The van der Waals surface area contributed by atoms with Gasteiger partial charge in [0.05, 0.1) is 0 Å². The van der Waals surface area contributed by atoms with E-state index in [0.29, 0.717) is 17.7 Å². The summed E-state index contributed by atoms with van der Waals surface area (Å²) in [7, 11) is 0. The van der Waals surface area contributed by atoms with E-state index in [4.69, 9.17) is 11.2 Å². The second-order valence-electron chi connectivity index (χ2n) is 9.83. The van der Waals surface area contributed by atoms with Crippen LogP contribution < -0.4 is 10.6 Å². The molecule has 0 radical (unpaired) electrons. The van der Waals surface area contributed by atoms with E-state index in [1.807, 2.05) is 44.2 Å². The van der Waals surface area contributed by atoms with Gasteiger partial charge in [-0.15, -0.1) is 6.42 Å². The van der Waals surface area contributed by atoms with Crippen LogP contribution in [-0.2, 0) is 20.7 Å². The number of likely N-dealkylation sites (N-methyl/N-ethyl adjacent to an activating group) is 1. The molecule has 2 aromatic carbocycles. The third kappa shape index (κ3) is 9.30. The molecule has 0 fully saturated rings. The Hall–Kier alpha value is -3.79. The molecule has 3 amide bonds. The summed E-state index contributed by atoms with van der Waals surface area (Å²) >= 11 is 0. The highest BCUT2D eigenvalue weighted by molar-refractivity contribution is 5.92. The summed E-state index contributed by atoms with van der Waals surface area (Å²) in [6, 6.07) is 14.6. The minimum Gasteiger partial charge on any atom is -0.444 e. The Balaban J connectivity index is 2.44. The number of amides is 3. The molecule has 0 saturated heterocycles. The van der Waals surface area contributed by atoms with Gasteiger partial charge in [-0.05, 0) is 57.4 Å². The first-order chi connectivity index (χ1) is 17.6. The molecule has 37 heavy (non-hydrogen) atoms. The van der Waals surface area contributed by atoms with Crippen molar-refractivity contribution >= 4 is 17.9 Å². The normalized spacial score (nSPS) is 12.5. The standard InChI is InChI=1S/C30H39N3O4/c1-7-10-20-31-27(34)26(24-18-16-22(8-2)17-19-24)33(9-3)28(35)25(21-23-14-12-11-13-15-23)32-29(36)37-30(4,5)6/h2,11-19,25-26H,7,9-10,20-21H2,1,3-6H3,(H,31,34)(H,32,36). The highest BCUT2D eigenvalue weighted by Crippen LogP contribution is 2.24. The van der Waals surface area contributed by atoms with Crippen LogP contribution in [0.5, 0.6) is 0 Å². The van der Waals surface area contributed by atoms with Crippen LogP contribution in [-0.4, -0.2) is 47.5 Å². The first-order valence-electron chi connectivity index (χ1n) is 12.8. The lowest BCUT2D eigenvalue weighted by Crippen LogP contribution is -2.53. The zero-order valence-corrected chi connectivity index (χ0v) is 22.5. The second kappa shape index (κ2) is 14.1. The molecule has 7 nitrogen and oxygen atoms in total. The van der Waals surface area contributed by atoms with E-state index in [0.717, 1.165) is 18.4 Å². The van der Waals surface area contributed by atoms with Crippen molar-refractivity contribution in [2.75, 3.05) is 13.1 Å². The van der Waals surface area contributed by atoms with Crippen LogP contribution in [0.15, 0.2) is 54.6 Å². The minimum absolute atomic E-state index is 0.246. The van der Waals surface area contributed by atoms with Crippen LogP contribution in [0.3, 0.4) is 0 Å². The van der Waals surface area contributed by atoms with Crippen molar-refractivity contribution in [1.29, 1.82) is 0 Å². The number of nitrogens with one attached hydrogen (secondary N) is 2. The zero-order valence-electron chi connectivity index (χ0n) is 22.5. The Morgan fingerprint density at radius 3 is 2.22 bits per heavy atom. The SMILES string of the molecule is C#Cc1ccc(C(C(=O)NCCCC)N(CC)C(=O)C(Cc2ccccc2)NC(=O)OC(C)(C)C)cc1. The van der Waals surface area contributed by atoms with Gasteiger partial charge in [0.25, 0.3) is 0 Å². The molecule has 0 heterocycles. The zero-order chi connectivity index (χ0) is 27.4. The Kier molecular flexibility index (Phi) is 11.2. The van der Waals surface area contributed by atoms with Gasteiger partial charge in [-0.1, -0.05) is 61.7 Å². The van der Waals surface area contributed by atoms with Gasteiger partial charge in [-0.3, -0.25) is 9.59 Å². The number of benzene rings is 2. The Morgan fingerprint density at radius 2 is 1.68 bits per heavy atom. The molecule has 0 aliphatic carbocycles. The molecule has 0 aliphatic rings. The summed E-state index contributed by atoms with van der Waals surface area (Å²) < 4.78 is 5.43. The number of terminal acetylenes is 1. The molecule has 0 aromatic heterocycles. The molecule has 0 bridgehead atoms. The second-order valence-corrected chi connectivity index (χ2v) is 9.83. The van der Waals surface area contributed by atoms with Gasteiger partial charge in [0.1, 0.15) is 17.7 Å². The average molecular weight is 506 g/mol. The number of rotatable bonds is 11. The molecular formula is C30H39N3O4. The molecule has 2 rings (SSSR count). The van der Waals surface area contributed by atoms with E-state index < -0.39 is 23.8 Å². The summed E-state index contributed by atoms with van der Waals surface area (Å²) in [4.78, 5) is 41.6. The van der Waals surface area contributed by atoms with E-state index >= 15 is 0 Å². The van der Waals surface area contributed by atoms with Gasteiger partial charge in [-0.2, -0.15) is 0 Å². The molecule has 0 spiro atoms. The number of ether oxygens (including phenoxy) is 1. The van der Waals surface area contributed by atoms with Crippen LogP contribution >= 0.6 is 0 Å². The molecule has 2 aromatic rings. The molecule has 2 atom stereocenters. The summed E-state index contributed by atoms with van der Waals surface area (Å²) in [5.41, 5.74) is 1.46. The lowest BCUT2D eigenvalue weighted by Gasteiger charge is -2.34. The van der Waals surface area contributed by atoms with Crippen LogP contribution in [0.25, 0.3) is 0 Å². The van der Waals surface area contributed by atoms with Crippen molar-refractivity contribution in [3.63, 3.8) is 0 Å².